The van der Waals surface area contributed by atoms with Gasteiger partial charge in [-0.2, -0.15) is 5.10 Å². The minimum atomic E-state index is -0.268. The minimum absolute atomic E-state index is 0.268. The molecule has 5 aromatic heterocycles. The molecule has 0 fully saturated rings. The first-order chi connectivity index (χ1) is 17.7. The molecule has 0 saturated heterocycles. The fraction of sp³-hybridized carbons (Fsp3) is 0.0769. The number of halogens is 1. The molecule has 0 amide bonds. The minimum Gasteiger partial charge on any atom is -0.420 e. The molecule has 10 heteroatoms. The Morgan fingerprint density at radius 1 is 0.944 bits per heavy atom. The number of aryl methyl sites for hydroxylation is 1. The summed E-state index contributed by atoms with van der Waals surface area (Å²) in [5.41, 5.74) is 5.83. The molecule has 0 radical (unpaired) electrons. The van der Waals surface area contributed by atoms with Gasteiger partial charge in [-0.1, -0.05) is 23.7 Å². The molecular formula is C26H17ClN8O. The van der Waals surface area contributed by atoms with Gasteiger partial charge in [0.2, 0.25) is 11.8 Å². The summed E-state index contributed by atoms with van der Waals surface area (Å²) in [6.45, 7) is 1.97. The first-order valence-corrected chi connectivity index (χ1v) is 11.6. The van der Waals surface area contributed by atoms with Gasteiger partial charge >= 0.3 is 0 Å². The summed E-state index contributed by atoms with van der Waals surface area (Å²) in [5, 5.41) is 10.1. The molecule has 7 rings (SSSR count). The second-order valence-corrected chi connectivity index (χ2v) is 8.86. The molecule has 1 aliphatic heterocycles. The molecule has 0 saturated carbocycles. The third-order valence-corrected chi connectivity index (χ3v) is 6.46. The number of nitrogens with zero attached hydrogens (tertiary/aromatic N) is 8. The fourth-order valence-corrected chi connectivity index (χ4v) is 4.85. The highest BCUT2D eigenvalue weighted by atomic mass is 35.5. The molecule has 0 aliphatic carbocycles. The van der Waals surface area contributed by atoms with Crippen LogP contribution in [-0.4, -0.2) is 39.3 Å². The second kappa shape index (κ2) is 7.96. The Morgan fingerprint density at radius 3 is 2.64 bits per heavy atom. The number of benzene rings is 1. The quantitative estimate of drug-likeness (QED) is 0.342. The Morgan fingerprint density at radius 2 is 1.83 bits per heavy atom. The van der Waals surface area contributed by atoms with Crippen LogP contribution in [0, 0.1) is 6.92 Å². The van der Waals surface area contributed by atoms with Gasteiger partial charge in [0.25, 0.3) is 0 Å². The van der Waals surface area contributed by atoms with Crippen molar-refractivity contribution in [3.8, 4) is 28.8 Å². The Hall–Kier alpha value is -4.63. The van der Waals surface area contributed by atoms with E-state index in [4.69, 9.17) is 26.4 Å². The third kappa shape index (κ3) is 3.17. The smallest absolute Gasteiger partial charge is 0.230 e. The summed E-state index contributed by atoms with van der Waals surface area (Å²) in [6.07, 6.45) is 8.66. The molecule has 6 heterocycles. The second-order valence-electron chi connectivity index (χ2n) is 8.42. The zero-order chi connectivity index (χ0) is 24.2. The lowest BCUT2D eigenvalue weighted by atomic mass is 9.85. The van der Waals surface area contributed by atoms with Crippen molar-refractivity contribution in [1.29, 1.82) is 0 Å². The number of pyridine rings is 2. The standard InChI is InChI=1S/C26H17ClN8O/c1-15-20-21(17-4-3-9-29-13-17)22-24-31-23(16-7-10-28-11-8-16)33-34(24)14-30-25(22)36-26(20)35(32-15)19-6-2-5-18(27)12-19/h2-14,21H,1H3/t21-/m0/s1. The SMILES string of the molecule is Cc1nn(-c2cccc(Cl)c2)c2c1[C@H](c1cccnc1)c1c(ncn3nc(-c4ccncc4)nc13)O2. The monoisotopic (exact) mass is 492 g/mol. The molecule has 0 spiro atoms. The molecule has 0 unspecified atom stereocenters. The summed E-state index contributed by atoms with van der Waals surface area (Å²) in [6, 6.07) is 15.2. The van der Waals surface area contributed by atoms with E-state index in [2.05, 4.69) is 20.1 Å². The van der Waals surface area contributed by atoms with Crippen LogP contribution in [-0.2, 0) is 0 Å². The molecule has 0 N–H and O–H groups in total. The first-order valence-electron chi connectivity index (χ1n) is 11.3. The van der Waals surface area contributed by atoms with E-state index in [0.29, 0.717) is 28.3 Å². The number of hydrogen-bond acceptors (Lipinski definition) is 7. The number of aromatic nitrogens is 8. The Balaban J connectivity index is 1.49. The maximum atomic E-state index is 6.43. The van der Waals surface area contributed by atoms with Crippen molar-refractivity contribution < 1.29 is 4.74 Å². The van der Waals surface area contributed by atoms with Gasteiger partial charge in [-0.15, -0.1) is 5.10 Å². The summed E-state index contributed by atoms with van der Waals surface area (Å²) in [5.74, 6) is 1.34. The first kappa shape index (κ1) is 20.7. The number of rotatable bonds is 3. The lowest BCUT2D eigenvalue weighted by molar-refractivity contribution is 0.402. The largest absolute Gasteiger partial charge is 0.420 e. The molecular weight excluding hydrogens is 476 g/mol. The van der Waals surface area contributed by atoms with E-state index >= 15 is 0 Å². The van der Waals surface area contributed by atoms with Crippen LogP contribution in [0.2, 0.25) is 5.02 Å². The highest BCUT2D eigenvalue weighted by molar-refractivity contribution is 6.30. The van der Waals surface area contributed by atoms with E-state index in [1.165, 1.54) is 0 Å². The molecule has 6 aromatic rings. The zero-order valence-electron chi connectivity index (χ0n) is 18.9. The highest BCUT2D eigenvalue weighted by Crippen LogP contribution is 2.49. The van der Waals surface area contributed by atoms with Gasteiger partial charge in [0, 0.05) is 35.4 Å². The molecule has 36 heavy (non-hydrogen) atoms. The number of ether oxygens (including phenoxy) is 1. The van der Waals surface area contributed by atoms with E-state index in [1.54, 1.807) is 34.1 Å². The summed E-state index contributed by atoms with van der Waals surface area (Å²) in [4.78, 5) is 18.0. The van der Waals surface area contributed by atoms with Crippen LogP contribution >= 0.6 is 11.6 Å². The molecule has 1 atom stereocenters. The van der Waals surface area contributed by atoms with Crippen LogP contribution in [0.5, 0.6) is 11.8 Å². The van der Waals surface area contributed by atoms with Crippen LogP contribution < -0.4 is 4.74 Å². The normalized spacial score (nSPS) is 14.3. The average molecular weight is 493 g/mol. The van der Waals surface area contributed by atoms with Gasteiger partial charge in [0.15, 0.2) is 11.5 Å². The van der Waals surface area contributed by atoms with Crippen molar-refractivity contribution in [2.24, 2.45) is 0 Å². The molecule has 1 aromatic carbocycles. The van der Waals surface area contributed by atoms with Gasteiger partial charge < -0.3 is 4.74 Å². The third-order valence-electron chi connectivity index (χ3n) is 6.23. The van der Waals surface area contributed by atoms with Gasteiger partial charge in [-0.05, 0) is 48.9 Å². The van der Waals surface area contributed by atoms with Crippen molar-refractivity contribution >= 4 is 17.2 Å². The Bertz CT molecular complexity index is 1750. The predicted molar refractivity (Wildman–Crippen MR) is 133 cm³/mol. The van der Waals surface area contributed by atoms with Crippen LogP contribution in [0.25, 0.3) is 22.7 Å². The van der Waals surface area contributed by atoms with Crippen molar-refractivity contribution in [1.82, 2.24) is 39.3 Å². The summed E-state index contributed by atoms with van der Waals surface area (Å²) in [7, 11) is 0. The molecule has 0 bridgehead atoms. The van der Waals surface area contributed by atoms with Gasteiger partial charge in [-0.25, -0.2) is 19.2 Å². The highest BCUT2D eigenvalue weighted by Gasteiger charge is 2.38. The van der Waals surface area contributed by atoms with Crippen molar-refractivity contribution in [2.45, 2.75) is 12.8 Å². The maximum absolute atomic E-state index is 6.43. The van der Waals surface area contributed by atoms with E-state index in [-0.39, 0.29) is 5.92 Å². The fourth-order valence-electron chi connectivity index (χ4n) is 4.66. The van der Waals surface area contributed by atoms with Crippen LogP contribution in [0.4, 0.5) is 0 Å². The number of hydrogen-bond donors (Lipinski definition) is 0. The van der Waals surface area contributed by atoms with Crippen LogP contribution in [0.15, 0.2) is 79.6 Å². The van der Waals surface area contributed by atoms with Gasteiger partial charge in [-0.3, -0.25) is 9.97 Å². The van der Waals surface area contributed by atoms with Gasteiger partial charge in [0.05, 0.1) is 28.4 Å². The molecule has 1 aliphatic rings. The van der Waals surface area contributed by atoms with Crippen molar-refractivity contribution in [3.63, 3.8) is 0 Å². The predicted octanol–water partition coefficient (Wildman–Crippen LogP) is 5.01. The van der Waals surface area contributed by atoms with E-state index in [9.17, 15) is 0 Å². The van der Waals surface area contributed by atoms with Crippen LogP contribution in [0.1, 0.15) is 28.3 Å². The Kier molecular flexibility index (Phi) is 4.58. The topological polar surface area (TPSA) is 95.9 Å². The number of fused-ring (bicyclic) bond motifs is 4. The average Bonchev–Trinajstić information content (AvgIpc) is 3.50. The van der Waals surface area contributed by atoms with E-state index in [0.717, 1.165) is 33.6 Å². The van der Waals surface area contributed by atoms with Gasteiger partial charge in [0.1, 0.15) is 6.33 Å². The van der Waals surface area contributed by atoms with E-state index in [1.807, 2.05) is 61.7 Å². The van der Waals surface area contributed by atoms with Crippen molar-refractivity contribution in [3.05, 3.63) is 107 Å². The Labute approximate surface area is 210 Å². The van der Waals surface area contributed by atoms with E-state index < -0.39 is 0 Å². The summed E-state index contributed by atoms with van der Waals surface area (Å²) >= 11 is 6.28. The lowest BCUT2D eigenvalue weighted by Crippen LogP contribution is -2.16. The zero-order valence-corrected chi connectivity index (χ0v) is 19.7. The maximum Gasteiger partial charge on any atom is 0.230 e. The lowest BCUT2D eigenvalue weighted by Gasteiger charge is -2.26. The summed E-state index contributed by atoms with van der Waals surface area (Å²) < 4.78 is 9.88. The van der Waals surface area contributed by atoms with Crippen molar-refractivity contribution in [2.75, 3.05) is 0 Å². The van der Waals surface area contributed by atoms with Crippen LogP contribution in [0.3, 0.4) is 0 Å². The molecule has 174 valence electrons. The molecule has 9 nitrogen and oxygen atoms in total.